The predicted molar refractivity (Wildman–Crippen MR) is 95.9 cm³/mol. The Balaban J connectivity index is 1.62. The van der Waals surface area contributed by atoms with E-state index in [1.54, 1.807) is 0 Å². The summed E-state index contributed by atoms with van der Waals surface area (Å²) in [6, 6.07) is 5.93. The Morgan fingerprint density at radius 1 is 1.16 bits per heavy atom. The zero-order valence-electron chi connectivity index (χ0n) is 14.7. The number of carbonyl (C=O) groups excluding carboxylic acids is 3. The average Bonchev–Trinajstić information content (AvgIpc) is 2.86. The molecule has 1 N–H and O–H groups in total. The third-order valence-corrected chi connectivity index (χ3v) is 5.17. The molecular weight excluding hydrogens is 316 g/mol. The number of hydrogen-bond acceptors (Lipinski definition) is 3. The number of anilines is 1. The zero-order valence-corrected chi connectivity index (χ0v) is 14.7. The molecule has 25 heavy (non-hydrogen) atoms. The normalized spacial score (nSPS) is 22.2. The lowest BCUT2D eigenvalue weighted by Crippen LogP contribution is -2.34. The predicted octanol–water partition coefficient (Wildman–Crippen LogP) is 2.84. The maximum Gasteiger partial charge on any atom is 0.233 e. The first-order valence-corrected chi connectivity index (χ1v) is 8.91. The lowest BCUT2D eigenvalue weighted by Gasteiger charge is -2.16. The Morgan fingerprint density at radius 3 is 2.40 bits per heavy atom. The molecule has 1 aromatic rings. The molecule has 3 rings (SSSR count). The number of aryl methyl sites for hydroxylation is 2. The monoisotopic (exact) mass is 340 g/mol. The van der Waals surface area contributed by atoms with Gasteiger partial charge in [0.15, 0.2) is 0 Å². The third-order valence-electron chi connectivity index (χ3n) is 5.17. The number of allylic oxidation sites excluding steroid dienone is 2. The fourth-order valence-corrected chi connectivity index (χ4v) is 3.71. The van der Waals surface area contributed by atoms with Crippen molar-refractivity contribution in [2.45, 2.75) is 39.5 Å². The number of carbonyl (C=O) groups is 3. The van der Waals surface area contributed by atoms with Gasteiger partial charge < -0.3 is 5.32 Å². The fourth-order valence-electron chi connectivity index (χ4n) is 3.71. The Hall–Kier alpha value is -2.43. The second-order valence-electron chi connectivity index (χ2n) is 6.74. The molecule has 1 aliphatic carbocycles. The molecule has 2 aliphatic rings. The van der Waals surface area contributed by atoms with Gasteiger partial charge in [-0.1, -0.05) is 37.3 Å². The number of rotatable bonds is 5. The van der Waals surface area contributed by atoms with Gasteiger partial charge in [-0.3, -0.25) is 19.3 Å². The summed E-state index contributed by atoms with van der Waals surface area (Å²) in [6.45, 7) is 4.16. The van der Waals surface area contributed by atoms with Gasteiger partial charge in [-0.25, -0.2) is 0 Å². The first-order valence-electron chi connectivity index (χ1n) is 8.91. The molecule has 0 saturated carbocycles. The van der Waals surface area contributed by atoms with E-state index < -0.39 is 0 Å². The molecule has 5 heteroatoms. The number of nitrogens with zero attached hydrogens (tertiary/aromatic N) is 1. The minimum Gasteiger partial charge on any atom is -0.326 e. The minimum absolute atomic E-state index is 0.127. The average molecular weight is 340 g/mol. The number of benzene rings is 1. The summed E-state index contributed by atoms with van der Waals surface area (Å²) in [5.74, 6) is -0.889. The molecule has 1 heterocycles. The van der Waals surface area contributed by atoms with Crippen molar-refractivity contribution in [3.8, 4) is 0 Å². The van der Waals surface area contributed by atoms with Gasteiger partial charge >= 0.3 is 0 Å². The largest absolute Gasteiger partial charge is 0.326 e. The van der Waals surface area contributed by atoms with Gasteiger partial charge in [0.1, 0.15) is 0 Å². The van der Waals surface area contributed by atoms with Gasteiger partial charge in [-0.2, -0.15) is 0 Å². The lowest BCUT2D eigenvalue weighted by molar-refractivity contribution is -0.140. The molecule has 132 valence electrons. The Labute approximate surface area is 148 Å². The van der Waals surface area contributed by atoms with Gasteiger partial charge in [-0.15, -0.1) is 0 Å². The number of imide groups is 1. The topological polar surface area (TPSA) is 66.5 Å². The summed E-state index contributed by atoms with van der Waals surface area (Å²) >= 11 is 0. The second-order valence-corrected chi connectivity index (χ2v) is 6.74. The van der Waals surface area contributed by atoms with Crippen molar-refractivity contribution in [3.05, 3.63) is 41.5 Å². The number of nitrogens with one attached hydrogen (secondary N) is 1. The van der Waals surface area contributed by atoms with Crippen molar-refractivity contribution >= 4 is 23.4 Å². The lowest BCUT2D eigenvalue weighted by atomic mass is 9.85. The molecule has 0 radical (unpaired) electrons. The maximum atomic E-state index is 12.4. The van der Waals surface area contributed by atoms with Gasteiger partial charge in [0.05, 0.1) is 11.8 Å². The molecule has 3 amide bonds. The van der Waals surface area contributed by atoms with Crippen LogP contribution in [0.3, 0.4) is 0 Å². The highest BCUT2D eigenvalue weighted by Crippen LogP contribution is 2.35. The van der Waals surface area contributed by atoms with Crippen LogP contribution in [0.4, 0.5) is 5.69 Å². The molecule has 1 fully saturated rings. The van der Waals surface area contributed by atoms with Crippen LogP contribution in [0, 0.1) is 18.8 Å². The van der Waals surface area contributed by atoms with Crippen LogP contribution in [-0.4, -0.2) is 29.2 Å². The Kier molecular flexibility index (Phi) is 5.02. The van der Waals surface area contributed by atoms with Crippen molar-refractivity contribution in [3.63, 3.8) is 0 Å². The van der Waals surface area contributed by atoms with Crippen LogP contribution in [0.5, 0.6) is 0 Å². The molecule has 0 unspecified atom stereocenters. The highest BCUT2D eigenvalue weighted by molar-refractivity contribution is 6.06. The summed E-state index contributed by atoms with van der Waals surface area (Å²) in [5.41, 5.74) is 2.93. The molecule has 1 aromatic carbocycles. The molecular formula is C20H24N2O3. The smallest absolute Gasteiger partial charge is 0.233 e. The van der Waals surface area contributed by atoms with Gasteiger partial charge in [-0.05, 0) is 37.3 Å². The number of likely N-dealkylation sites (tertiary alicyclic amines) is 1. The summed E-state index contributed by atoms with van der Waals surface area (Å²) < 4.78 is 0. The van der Waals surface area contributed by atoms with E-state index in [4.69, 9.17) is 0 Å². The summed E-state index contributed by atoms with van der Waals surface area (Å²) in [7, 11) is 0. The molecule has 0 spiro atoms. The first kappa shape index (κ1) is 17.4. The third kappa shape index (κ3) is 3.36. The van der Waals surface area contributed by atoms with Crippen LogP contribution in [0.1, 0.15) is 37.3 Å². The minimum atomic E-state index is -0.233. The molecule has 1 saturated heterocycles. The van der Waals surface area contributed by atoms with Crippen LogP contribution < -0.4 is 5.32 Å². The van der Waals surface area contributed by atoms with Crippen LogP contribution in [-0.2, 0) is 20.8 Å². The van der Waals surface area contributed by atoms with Crippen LogP contribution in [0.15, 0.2) is 30.4 Å². The van der Waals surface area contributed by atoms with Crippen LogP contribution in [0.2, 0.25) is 0 Å². The van der Waals surface area contributed by atoms with Crippen molar-refractivity contribution in [1.29, 1.82) is 0 Å². The van der Waals surface area contributed by atoms with Crippen LogP contribution in [0.25, 0.3) is 0 Å². The summed E-state index contributed by atoms with van der Waals surface area (Å²) in [4.78, 5) is 38.5. The van der Waals surface area contributed by atoms with Gasteiger partial charge in [0, 0.05) is 18.7 Å². The number of hydrogen-bond donors (Lipinski definition) is 1. The first-order chi connectivity index (χ1) is 12.0. The summed E-state index contributed by atoms with van der Waals surface area (Å²) in [5, 5.41) is 2.95. The quantitative estimate of drug-likeness (QED) is 0.662. The maximum absolute atomic E-state index is 12.4. The highest BCUT2D eigenvalue weighted by atomic mass is 16.2. The number of fused-ring (bicyclic) bond motifs is 1. The fraction of sp³-hybridized carbons (Fsp3) is 0.450. The molecule has 5 nitrogen and oxygen atoms in total. The van der Waals surface area contributed by atoms with E-state index in [2.05, 4.69) is 5.32 Å². The van der Waals surface area contributed by atoms with Gasteiger partial charge in [0.25, 0.3) is 0 Å². The Morgan fingerprint density at radius 2 is 1.80 bits per heavy atom. The van der Waals surface area contributed by atoms with Crippen LogP contribution >= 0.6 is 0 Å². The molecule has 0 bridgehead atoms. The van der Waals surface area contributed by atoms with E-state index in [9.17, 15) is 14.4 Å². The standard InChI is InChI=1S/C20H24N2O3/c1-3-14-8-6-7-13(2)18(14)21-17(23)11-12-22-19(24)15-9-4-5-10-16(15)20(22)25/h4-8,15-16H,3,9-12H2,1-2H3,(H,21,23)/t15-,16+. The van der Waals surface area contributed by atoms with E-state index >= 15 is 0 Å². The van der Waals surface area contributed by atoms with Gasteiger partial charge in [0.2, 0.25) is 17.7 Å². The summed E-state index contributed by atoms with van der Waals surface area (Å²) in [6.07, 6.45) is 6.14. The van der Waals surface area contributed by atoms with E-state index in [0.29, 0.717) is 12.8 Å². The number of amides is 3. The SMILES string of the molecule is CCc1cccc(C)c1NC(=O)CCN1C(=O)[C@H]2CC=CC[C@H]2C1=O. The zero-order chi connectivity index (χ0) is 18.0. The second kappa shape index (κ2) is 7.21. The van der Waals surface area contributed by atoms with E-state index in [0.717, 1.165) is 23.2 Å². The Bertz CT molecular complexity index is 712. The van der Waals surface area contributed by atoms with Crippen molar-refractivity contribution in [2.75, 3.05) is 11.9 Å². The number of para-hydroxylation sites is 1. The molecule has 2 atom stereocenters. The van der Waals surface area contributed by atoms with E-state index in [1.165, 1.54) is 4.90 Å². The van der Waals surface area contributed by atoms with Crippen molar-refractivity contribution < 1.29 is 14.4 Å². The highest BCUT2D eigenvalue weighted by Gasteiger charge is 2.46. The molecule has 1 aliphatic heterocycles. The van der Waals surface area contributed by atoms with Crippen molar-refractivity contribution in [1.82, 2.24) is 4.90 Å². The molecule has 0 aromatic heterocycles. The van der Waals surface area contributed by atoms with E-state index in [-0.39, 0.29) is 42.5 Å². The van der Waals surface area contributed by atoms with Crippen molar-refractivity contribution in [2.24, 2.45) is 11.8 Å². The van der Waals surface area contributed by atoms with E-state index in [1.807, 2.05) is 44.2 Å².